The molecule has 0 fully saturated rings. The van der Waals surface area contributed by atoms with Gasteiger partial charge < -0.3 is 11.1 Å². The first kappa shape index (κ1) is 15.4. The molecule has 0 radical (unpaired) electrons. The van der Waals surface area contributed by atoms with Crippen molar-refractivity contribution in [3.05, 3.63) is 0 Å². The number of rotatable bonds is 9. The fourth-order valence-corrected chi connectivity index (χ4v) is 1.54. The van der Waals surface area contributed by atoms with Crippen LogP contribution in [-0.4, -0.2) is 18.5 Å². The Bertz CT molecular complexity index is 181. The minimum absolute atomic E-state index is 0.0106. The molecule has 16 heavy (non-hydrogen) atoms. The predicted molar refractivity (Wildman–Crippen MR) is 69.2 cm³/mol. The van der Waals surface area contributed by atoms with Crippen molar-refractivity contribution in [1.82, 2.24) is 5.32 Å². The van der Waals surface area contributed by atoms with E-state index in [1.165, 1.54) is 32.1 Å². The Morgan fingerprint density at radius 3 is 2.25 bits per heavy atom. The van der Waals surface area contributed by atoms with E-state index in [0.717, 1.165) is 13.0 Å². The van der Waals surface area contributed by atoms with E-state index in [2.05, 4.69) is 12.2 Å². The van der Waals surface area contributed by atoms with Crippen molar-refractivity contribution in [2.45, 2.75) is 65.3 Å². The summed E-state index contributed by atoms with van der Waals surface area (Å²) >= 11 is 0. The number of hydrogen-bond acceptors (Lipinski definition) is 2. The molecule has 0 bridgehead atoms. The van der Waals surface area contributed by atoms with Gasteiger partial charge in [-0.1, -0.05) is 52.9 Å². The lowest BCUT2D eigenvalue weighted by Gasteiger charge is -2.15. The smallest absolute Gasteiger partial charge is 0.237 e. The van der Waals surface area contributed by atoms with E-state index in [4.69, 9.17) is 5.73 Å². The second-order valence-corrected chi connectivity index (χ2v) is 4.83. The molecule has 3 N–H and O–H groups in total. The highest BCUT2D eigenvalue weighted by Crippen LogP contribution is 2.04. The molecule has 0 aromatic heterocycles. The highest BCUT2D eigenvalue weighted by molar-refractivity contribution is 5.81. The van der Waals surface area contributed by atoms with E-state index in [1.807, 2.05) is 13.8 Å². The van der Waals surface area contributed by atoms with Crippen LogP contribution >= 0.6 is 0 Å². The second kappa shape index (κ2) is 9.64. The Morgan fingerprint density at radius 1 is 1.12 bits per heavy atom. The van der Waals surface area contributed by atoms with Crippen molar-refractivity contribution in [2.75, 3.05) is 6.54 Å². The summed E-state index contributed by atoms with van der Waals surface area (Å²) in [5.74, 6) is 0.202. The third kappa shape index (κ3) is 7.69. The molecule has 0 aliphatic heterocycles. The summed E-state index contributed by atoms with van der Waals surface area (Å²) in [6.07, 6.45) is 7.47. The summed E-state index contributed by atoms with van der Waals surface area (Å²) in [6, 6.07) is -0.361. The molecule has 0 aromatic rings. The summed E-state index contributed by atoms with van der Waals surface area (Å²) in [5, 5.41) is 2.89. The van der Waals surface area contributed by atoms with E-state index in [0.29, 0.717) is 0 Å². The van der Waals surface area contributed by atoms with Crippen LogP contribution in [0.1, 0.15) is 59.3 Å². The van der Waals surface area contributed by atoms with Gasteiger partial charge in [-0.25, -0.2) is 0 Å². The molecular weight excluding hydrogens is 200 g/mol. The zero-order valence-electron chi connectivity index (χ0n) is 11.1. The van der Waals surface area contributed by atoms with E-state index in [-0.39, 0.29) is 17.9 Å². The van der Waals surface area contributed by atoms with Crippen molar-refractivity contribution in [3.8, 4) is 0 Å². The van der Waals surface area contributed by atoms with Crippen LogP contribution in [0.25, 0.3) is 0 Å². The lowest BCUT2D eigenvalue weighted by molar-refractivity contribution is -0.123. The molecule has 3 nitrogen and oxygen atoms in total. The van der Waals surface area contributed by atoms with Crippen molar-refractivity contribution in [3.63, 3.8) is 0 Å². The number of hydrogen-bond donors (Lipinski definition) is 2. The Balaban J connectivity index is 3.34. The van der Waals surface area contributed by atoms with Crippen LogP contribution in [0.5, 0.6) is 0 Å². The first-order valence-corrected chi connectivity index (χ1v) is 6.62. The molecule has 0 heterocycles. The van der Waals surface area contributed by atoms with Gasteiger partial charge in [-0.15, -0.1) is 0 Å². The SMILES string of the molecule is CCCCCCCCNC(=O)[C@@H](N)C(C)C. The largest absolute Gasteiger partial charge is 0.355 e. The summed E-state index contributed by atoms with van der Waals surface area (Å²) in [5.41, 5.74) is 5.73. The van der Waals surface area contributed by atoms with Gasteiger partial charge in [0.05, 0.1) is 6.04 Å². The van der Waals surface area contributed by atoms with Crippen LogP contribution in [0, 0.1) is 5.92 Å². The zero-order chi connectivity index (χ0) is 12.4. The molecule has 0 unspecified atom stereocenters. The number of carbonyl (C=O) groups is 1. The van der Waals surface area contributed by atoms with Crippen molar-refractivity contribution >= 4 is 5.91 Å². The van der Waals surface area contributed by atoms with Crippen molar-refractivity contribution in [1.29, 1.82) is 0 Å². The molecule has 0 rings (SSSR count). The third-order valence-electron chi connectivity index (χ3n) is 2.85. The standard InChI is InChI=1S/C13H28N2O/c1-4-5-6-7-8-9-10-15-13(16)12(14)11(2)3/h11-12H,4-10,14H2,1-3H3,(H,15,16)/t12-/m0/s1. The first-order valence-electron chi connectivity index (χ1n) is 6.62. The quantitative estimate of drug-likeness (QED) is 0.596. The lowest BCUT2D eigenvalue weighted by Crippen LogP contribution is -2.44. The van der Waals surface area contributed by atoms with Gasteiger partial charge in [0, 0.05) is 6.54 Å². The van der Waals surface area contributed by atoms with Gasteiger partial charge in [0.15, 0.2) is 0 Å². The Kier molecular flexibility index (Phi) is 9.30. The number of amides is 1. The van der Waals surface area contributed by atoms with Gasteiger partial charge in [-0.3, -0.25) is 4.79 Å². The van der Waals surface area contributed by atoms with E-state index < -0.39 is 0 Å². The van der Waals surface area contributed by atoms with Gasteiger partial charge in [-0.05, 0) is 12.3 Å². The van der Waals surface area contributed by atoms with E-state index in [9.17, 15) is 4.79 Å². The molecule has 0 spiro atoms. The van der Waals surface area contributed by atoms with Crippen LogP contribution in [0.4, 0.5) is 0 Å². The lowest BCUT2D eigenvalue weighted by atomic mass is 10.0. The molecule has 1 atom stereocenters. The average Bonchev–Trinajstić information content (AvgIpc) is 2.26. The monoisotopic (exact) mass is 228 g/mol. The summed E-state index contributed by atoms with van der Waals surface area (Å²) in [7, 11) is 0. The van der Waals surface area contributed by atoms with Crippen molar-refractivity contribution in [2.24, 2.45) is 11.7 Å². The Labute approximate surface area is 100 Å². The van der Waals surface area contributed by atoms with Crippen LogP contribution in [0.15, 0.2) is 0 Å². The van der Waals surface area contributed by atoms with Gasteiger partial charge in [0.2, 0.25) is 5.91 Å². The third-order valence-corrected chi connectivity index (χ3v) is 2.85. The summed E-state index contributed by atoms with van der Waals surface area (Å²) in [4.78, 5) is 11.5. The van der Waals surface area contributed by atoms with Crippen molar-refractivity contribution < 1.29 is 4.79 Å². The maximum Gasteiger partial charge on any atom is 0.237 e. The highest BCUT2D eigenvalue weighted by atomic mass is 16.2. The Hall–Kier alpha value is -0.570. The molecule has 3 heteroatoms. The van der Waals surface area contributed by atoms with Gasteiger partial charge in [0.1, 0.15) is 0 Å². The summed E-state index contributed by atoms with van der Waals surface area (Å²) < 4.78 is 0. The molecule has 0 aliphatic carbocycles. The number of carbonyl (C=O) groups excluding carboxylic acids is 1. The van der Waals surface area contributed by atoms with Gasteiger partial charge >= 0.3 is 0 Å². The second-order valence-electron chi connectivity index (χ2n) is 4.83. The van der Waals surface area contributed by atoms with Crippen LogP contribution < -0.4 is 11.1 Å². The molecular formula is C13H28N2O. The molecule has 1 amide bonds. The number of unbranched alkanes of at least 4 members (excludes halogenated alkanes) is 5. The topological polar surface area (TPSA) is 55.1 Å². The minimum Gasteiger partial charge on any atom is -0.355 e. The highest BCUT2D eigenvalue weighted by Gasteiger charge is 2.15. The van der Waals surface area contributed by atoms with Crippen LogP contribution in [-0.2, 0) is 4.79 Å². The number of nitrogens with one attached hydrogen (secondary N) is 1. The van der Waals surface area contributed by atoms with Crippen LogP contribution in [0.3, 0.4) is 0 Å². The van der Waals surface area contributed by atoms with Crippen LogP contribution in [0.2, 0.25) is 0 Å². The normalized spacial score (nSPS) is 12.8. The van der Waals surface area contributed by atoms with E-state index >= 15 is 0 Å². The van der Waals surface area contributed by atoms with Gasteiger partial charge in [0.25, 0.3) is 0 Å². The molecule has 0 saturated heterocycles. The average molecular weight is 228 g/mol. The predicted octanol–water partition coefficient (Wildman–Crippen LogP) is 2.45. The first-order chi connectivity index (χ1) is 7.59. The molecule has 0 saturated carbocycles. The Morgan fingerprint density at radius 2 is 1.69 bits per heavy atom. The fraction of sp³-hybridized carbons (Fsp3) is 0.923. The van der Waals surface area contributed by atoms with E-state index in [1.54, 1.807) is 0 Å². The molecule has 0 aromatic carbocycles. The molecule has 96 valence electrons. The number of nitrogens with two attached hydrogens (primary N) is 1. The minimum atomic E-state index is -0.361. The van der Waals surface area contributed by atoms with Gasteiger partial charge in [-0.2, -0.15) is 0 Å². The maximum atomic E-state index is 11.5. The maximum absolute atomic E-state index is 11.5. The fourth-order valence-electron chi connectivity index (χ4n) is 1.54. The molecule has 0 aliphatic rings. The zero-order valence-corrected chi connectivity index (χ0v) is 11.1. The summed E-state index contributed by atoms with van der Waals surface area (Å²) in [6.45, 7) is 6.92.